The van der Waals surface area contributed by atoms with Crippen molar-refractivity contribution in [2.24, 2.45) is 0 Å². The van der Waals surface area contributed by atoms with Gasteiger partial charge in [-0.05, 0) is 60.2 Å². The molecule has 0 radical (unpaired) electrons. The van der Waals surface area contributed by atoms with Crippen molar-refractivity contribution in [1.82, 2.24) is 4.90 Å². The van der Waals surface area contributed by atoms with Crippen LogP contribution in [0.3, 0.4) is 0 Å². The van der Waals surface area contributed by atoms with E-state index in [1.807, 2.05) is 17.9 Å². The number of benzene rings is 2. The highest BCUT2D eigenvalue weighted by molar-refractivity contribution is 7.10. The Morgan fingerprint density at radius 3 is 2.52 bits per heavy atom. The first-order chi connectivity index (χ1) is 15.0. The van der Waals surface area contributed by atoms with Crippen LogP contribution in [0.15, 0.2) is 47.8 Å². The Bertz CT molecular complexity index is 1120. The monoisotopic (exact) mass is 436 g/mol. The maximum Gasteiger partial charge on any atom is 0.255 e. The van der Waals surface area contributed by atoms with E-state index in [1.165, 1.54) is 24.7 Å². The van der Waals surface area contributed by atoms with E-state index in [9.17, 15) is 9.59 Å². The van der Waals surface area contributed by atoms with Gasteiger partial charge in [0.25, 0.3) is 11.8 Å². The zero-order valence-electron chi connectivity index (χ0n) is 17.7. The molecular formula is C24H24N2O4S. The molecule has 0 saturated carbocycles. The topological polar surface area (TPSA) is 67.9 Å². The van der Waals surface area contributed by atoms with Crippen molar-refractivity contribution in [3.8, 4) is 11.5 Å². The highest BCUT2D eigenvalue weighted by atomic mass is 32.1. The van der Waals surface area contributed by atoms with Crippen molar-refractivity contribution in [2.45, 2.75) is 19.9 Å². The first kappa shape index (κ1) is 20.9. The fraction of sp³-hybridized carbons (Fsp3) is 0.250. The summed E-state index contributed by atoms with van der Waals surface area (Å²) in [5.74, 6) is 0.741. The lowest BCUT2D eigenvalue weighted by atomic mass is 10.0. The van der Waals surface area contributed by atoms with Gasteiger partial charge in [-0.25, -0.2) is 0 Å². The molecule has 2 amide bonds. The number of hydrogen-bond acceptors (Lipinski definition) is 5. The summed E-state index contributed by atoms with van der Waals surface area (Å²) in [6.07, 6.45) is 0.881. The summed E-state index contributed by atoms with van der Waals surface area (Å²) in [6.45, 7) is 3.18. The lowest BCUT2D eigenvalue weighted by Crippen LogP contribution is -2.35. The van der Waals surface area contributed by atoms with E-state index in [4.69, 9.17) is 9.47 Å². The van der Waals surface area contributed by atoms with Gasteiger partial charge in [-0.1, -0.05) is 6.07 Å². The third kappa shape index (κ3) is 4.27. The number of anilines is 1. The Morgan fingerprint density at radius 1 is 1.06 bits per heavy atom. The average molecular weight is 437 g/mol. The lowest BCUT2D eigenvalue weighted by molar-refractivity contribution is 0.0735. The summed E-state index contributed by atoms with van der Waals surface area (Å²) in [7, 11) is 3.07. The lowest BCUT2D eigenvalue weighted by Gasteiger charge is -2.28. The molecule has 0 spiro atoms. The van der Waals surface area contributed by atoms with Crippen molar-refractivity contribution in [2.75, 3.05) is 26.1 Å². The molecule has 31 heavy (non-hydrogen) atoms. The van der Waals surface area contributed by atoms with Gasteiger partial charge in [0.2, 0.25) is 0 Å². The van der Waals surface area contributed by atoms with E-state index >= 15 is 0 Å². The molecule has 2 heterocycles. The van der Waals surface area contributed by atoms with Crippen LogP contribution in [-0.2, 0) is 13.0 Å². The number of methoxy groups -OCH3 is 2. The van der Waals surface area contributed by atoms with Crippen LogP contribution >= 0.6 is 11.3 Å². The van der Waals surface area contributed by atoms with E-state index in [2.05, 4.69) is 16.8 Å². The number of carbonyl (C=O) groups is 2. The zero-order chi connectivity index (χ0) is 22.0. The van der Waals surface area contributed by atoms with Crippen LogP contribution in [0, 0.1) is 6.92 Å². The Labute approximate surface area is 185 Å². The second kappa shape index (κ2) is 8.81. The first-order valence-corrected chi connectivity index (χ1v) is 10.9. The Hall–Kier alpha value is -3.32. The number of rotatable bonds is 5. The predicted octanol–water partition coefficient (Wildman–Crippen LogP) is 4.52. The third-order valence-corrected chi connectivity index (χ3v) is 6.54. The minimum absolute atomic E-state index is 0.0199. The van der Waals surface area contributed by atoms with Crippen molar-refractivity contribution < 1.29 is 19.1 Å². The molecule has 160 valence electrons. The molecule has 7 heteroatoms. The quantitative estimate of drug-likeness (QED) is 0.638. The van der Waals surface area contributed by atoms with Gasteiger partial charge >= 0.3 is 0 Å². The number of hydrogen-bond donors (Lipinski definition) is 1. The fourth-order valence-corrected chi connectivity index (χ4v) is 4.62. The van der Waals surface area contributed by atoms with Crippen LogP contribution in [0.2, 0.25) is 0 Å². The largest absolute Gasteiger partial charge is 0.497 e. The molecule has 4 rings (SSSR count). The van der Waals surface area contributed by atoms with Crippen molar-refractivity contribution in [1.29, 1.82) is 0 Å². The van der Waals surface area contributed by atoms with Crippen molar-refractivity contribution in [3.05, 3.63) is 75.0 Å². The summed E-state index contributed by atoms with van der Waals surface area (Å²) in [4.78, 5) is 29.3. The molecule has 1 aromatic heterocycles. The van der Waals surface area contributed by atoms with Crippen LogP contribution in [0.5, 0.6) is 11.5 Å². The molecule has 1 aliphatic heterocycles. The fourth-order valence-electron chi connectivity index (χ4n) is 3.73. The standard InChI is InChI=1S/C24H24N2O4S/c1-15-20(24(28)26-9-7-22-16(14-26)8-10-31-22)5-4-6-21(15)25-23(27)17-11-18(29-2)13-19(12-17)30-3/h4-6,8,10-13H,7,9,14H2,1-3H3,(H,25,27). The van der Waals surface area contributed by atoms with Crippen LogP contribution in [0.1, 0.15) is 36.7 Å². The number of nitrogens with zero attached hydrogens (tertiary/aromatic N) is 1. The Balaban J connectivity index is 1.55. The summed E-state index contributed by atoms with van der Waals surface area (Å²) >= 11 is 1.75. The number of nitrogens with one attached hydrogen (secondary N) is 1. The zero-order valence-corrected chi connectivity index (χ0v) is 18.5. The minimum atomic E-state index is -0.300. The normalized spacial score (nSPS) is 12.8. The summed E-state index contributed by atoms with van der Waals surface area (Å²) in [5.41, 5.74) is 3.57. The van der Waals surface area contributed by atoms with Gasteiger partial charge in [-0.2, -0.15) is 0 Å². The second-order valence-corrected chi connectivity index (χ2v) is 8.38. The second-order valence-electron chi connectivity index (χ2n) is 7.38. The molecule has 0 saturated heterocycles. The molecule has 6 nitrogen and oxygen atoms in total. The first-order valence-electron chi connectivity index (χ1n) is 9.98. The highest BCUT2D eigenvalue weighted by Gasteiger charge is 2.24. The maximum atomic E-state index is 13.2. The van der Waals surface area contributed by atoms with E-state index < -0.39 is 0 Å². The van der Waals surface area contributed by atoms with E-state index in [0.717, 1.165) is 12.0 Å². The molecule has 0 fully saturated rings. The van der Waals surface area contributed by atoms with Gasteiger partial charge in [-0.15, -0.1) is 11.3 Å². The van der Waals surface area contributed by atoms with E-state index in [1.54, 1.807) is 41.7 Å². The maximum absolute atomic E-state index is 13.2. The predicted molar refractivity (Wildman–Crippen MR) is 121 cm³/mol. The Morgan fingerprint density at radius 2 is 1.81 bits per heavy atom. The van der Waals surface area contributed by atoms with Crippen molar-refractivity contribution in [3.63, 3.8) is 0 Å². The summed E-state index contributed by atoms with van der Waals surface area (Å²) < 4.78 is 10.5. The van der Waals surface area contributed by atoms with Crippen LogP contribution < -0.4 is 14.8 Å². The van der Waals surface area contributed by atoms with E-state index in [-0.39, 0.29) is 11.8 Å². The molecular weight excluding hydrogens is 412 g/mol. The van der Waals surface area contributed by atoms with Crippen molar-refractivity contribution >= 4 is 28.8 Å². The number of thiophene rings is 1. The molecule has 0 bridgehead atoms. The third-order valence-electron chi connectivity index (χ3n) is 5.52. The van der Waals surface area contributed by atoms with Gasteiger partial charge in [-0.3, -0.25) is 9.59 Å². The smallest absolute Gasteiger partial charge is 0.255 e. The van der Waals surface area contributed by atoms with Gasteiger partial charge in [0.05, 0.1) is 14.2 Å². The molecule has 1 N–H and O–H groups in total. The molecule has 3 aromatic rings. The van der Waals surface area contributed by atoms with Gasteiger partial charge < -0.3 is 19.7 Å². The molecule has 0 aliphatic carbocycles. The molecule has 0 atom stereocenters. The summed E-state index contributed by atoms with van der Waals surface area (Å²) in [5, 5.41) is 5.00. The van der Waals surface area contributed by atoms with Gasteiger partial charge in [0.15, 0.2) is 0 Å². The van der Waals surface area contributed by atoms with Crippen LogP contribution in [0.4, 0.5) is 5.69 Å². The van der Waals surface area contributed by atoms with Crippen LogP contribution in [0.25, 0.3) is 0 Å². The van der Waals surface area contributed by atoms with Gasteiger partial charge in [0.1, 0.15) is 11.5 Å². The number of ether oxygens (including phenoxy) is 2. The number of amides is 2. The molecule has 0 unspecified atom stereocenters. The Kier molecular flexibility index (Phi) is 5.95. The molecule has 2 aromatic carbocycles. The highest BCUT2D eigenvalue weighted by Crippen LogP contribution is 2.28. The summed E-state index contributed by atoms with van der Waals surface area (Å²) in [6, 6.07) is 12.5. The van der Waals surface area contributed by atoms with Gasteiger partial charge in [0, 0.05) is 40.8 Å². The minimum Gasteiger partial charge on any atom is -0.497 e. The van der Waals surface area contributed by atoms with Crippen LogP contribution in [-0.4, -0.2) is 37.5 Å². The number of carbonyl (C=O) groups excluding carboxylic acids is 2. The SMILES string of the molecule is COc1cc(OC)cc(C(=O)Nc2cccc(C(=O)N3CCc4sccc4C3)c2C)c1. The molecule has 1 aliphatic rings. The number of fused-ring (bicyclic) bond motifs is 1. The average Bonchev–Trinajstić information content (AvgIpc) is 3.27. The van der Waals surface area contributed by atoms with E-state index in [0.29, 0.717) is 41.4 Å².